The molecule has 0 amide bonds. The van der Waals surface area contributed by atoms with Crippen LogP contribution in [-0.4, -0.2) is 18.9 Å². The van der Waals surface area contributed by atoms with Gasteiger partial charge in [0.25, 0.3) is 0 Å². The molecule has 0 aliphatic heterocycles. The number of pyridine rings is 1. The Kier molecular flexibility index (Phi) is 6.40. The third kappa shape index (κ3) is 3.84. The first-order valence-electron chi connectivity index (χ1n) is 7.80. The van der Waals surface area contributed by atoms with Crippen LogP contribution >= 0.6 is 0 Å². The normalized spacial score (nSPS) is 10.5. The van der Waals surface area contributed by atoms with Crippen LogP contribution in [0.2, 0.25) is 0 Å². The molecule has 0 spiro atoms. The van der Waals surface area contributed by atoms with E-state index >= 15 is 0 Å². The van der Waals surface area contributed by atoms with Crippen LogP contribution < -0.4 is 0 Å². The molecular formula is C17H28N4. The summed E-state index contributed by atoms with van der Waals surface area (Å²) in [5, 5.41) is 0. The largest absolute Gasteiger partial charge is 0.292 e. The molecule has 116 valence electrons. The van der Waals surface area contributed by atoms with Gasteiger partial charge in [-0.25, -0.2) is 9.97 Å². The van der Waals surface area contributed by atoms with Gasteiger partial charge in [-0.3, -0.25) is 8.97 Å². The van der Waals surface area contributed by atoms with Gasteiger partial charge in [0.15, 0.2) is 5.65 Å². The molecule has 0 radical (unpaired) electrons. The molecule has 4 nitrogen and oxygen atoms in total. The molecule has 3 aromatic rings. The van der Waals surface area contributed by atoms with Crippen molar-refractivity contribution in [3.05, 3.63) is 30.7 Å². The van der Waals surface area contributed by atoms with Gasteiger partial charge in [0, 0.05) is 24.6 Å². The summed E-state index contributed by atoms with van der Waals surface area (Å²) in [4.78, 5) is 8.78. The molecule has 4 heteroatoms. The predicted octanol–water partition coefficient (Wildman–Crippen LogP) is 4.95. The van der Waals surface area contributed by atoms with E-state index in [-0.39, 0.29) is 0 Å². The van der Waals surface area contributed by atoms with Crippen LogP contribution in [0, 0.1) is 5.92 Å². The van der Waals surface area contributed by atoms with E-state index in [1.165, 1.54) is 0 Å². The second kappa shape index (κ2) is 7.81. The second-order valence-electron chi connectivity index (χ2n) is 5.64. The Morgan fingerprint density at radius 3 is 2.14 bits per heavy atom. The van der Waals surface area contributed by atoms with Crippen molar-refractivity contribution in [2.45, 2.75) is 54.5 Å². The first-order valence-corrected chi connectivity index (χ1v) is 7.80. The average Bonchev–Trinajstić information content (AvgIpc) is 2.99. The highest BCUT2D eigenvalue weighted by molar-refractivity contribution is 5.76. The monoisotopic (exact) mass is 288 g/mol. The summed E-state index contributed by atoms with van der Waals surface area (Å²) in [7, 11) is 0. The Morgan fingerprint density at radius 2 is 1.57 bits per heavy atom. The summed E-state index contributed by atoms with van der Waals surface area (Å²) in [6, 6.07) is 4.38. The van der Waals surface area contributed by atoms with Crippen LogP contribution in [0.5, 0.6) is 0 Å². The standard InChI is InChI=1S/C11H12N4.C4H10.C2H6/c1-8(2)15-10-9(4-3-5-12-10)14-7-6-13-11(14)15;1-4(2)3;1-2/h3-8H,1-2H3;4H,1-3H3;1-2H3. The topological polar surface area (TPSA) is 35.1 Å². The van der Waals surface area contributed by atoms with E-state index in [4.69, 9.17) is 0 Å². The van der Waals surface area contributed by atoms with E-state index in [2.05, 4.69) is 59.6 Å². The van der Waals surface area contributed by atoms with Crippen molar-refractivity contribution in [1.29, 1.82) is 0 Å². The maximum absolute atomic E-state index is 4.41. The Hall–Kier alpha value is -1.84. The summed E-state index contributed by atoms with van der Waals surface area (Å²) in [5.41, 5.74) is 2.11. The number of imidazole rings is 2. The lowest BCUT2D eigenvalue weighted by atomic mass is 10.3. The number of aromatic nitrogens is 4. The minimum absolute atomic E-state index is 0.363. The lowest BCUT2D eigenvalue weighted by Crippen LogP contribution is -2.01. The maximum atomic E-state index is 4.41. The van der Waals surface area contributed by atoms with Crippen molar-refractivity contribution in [1.82, 2.24) is 18.9 Å². The molecule has 3 aromatic heterocycles. The molecule has 0 fully saturated rings. The van der Waals surface area contributed by atoms with Crippen LogP contribution in [0.4, 0.5) is 0 Å². The fraction of sp³-hybridized carbons (Fsp3) is 0.529. The van der Waals surface area contributed by atoms with Gasteiger partial charge in [0.2, 0.25) is 5.78 Å². The van der Waals surface area contributed by atoms with Crippen LogP contribution in [0.25, 0.3) is 16.9 Å². The Balaban J connectivity index is 0.000000322. The molecule has 3 heterocycles. The second-order valence-corrected chi connectivity index (χ2v) is 5.64. The minimum atomic E-state index is 0.363. The summed E-state index contributed by atoms with van der Waals surface area (Å²) >= 11 is 0. The van der Waals surface area contributed by atoms with Gasteiger partial charge in [0.1, 0.15) is 0 Å². The van der Waals surface area contributed by atoms with Crippen LogP contribution in [0.15, 0.2) is 30.7 Å². The number of fused-ring (bicyclic) bond motifs is 3. The van der Waals surface area contributed by atoms with Crippen molar-refractivity contribution in [2.75, 3.05) is 0 Å². The summed E-state index contributed by atoms with van der Waals surface area (Å²) in [6.07, 6.45) is 5.61. The van der Waals surface area contributed by atoms with Gasteiger partial charge in [0.05, 0.1) is 5.52 Å². The third-order valence-electron chi connectivity index (χ3n) is 2.61. The van der Waals surface area contributed by atoms with Gasteiger partial charge < -0.3 is 0 Å². The quantitative estimate of drug-likeness (QED) is 0.635. The van der Waals surface area contributed by atoms with Crippen LogP contribution in [-0.2, 0) is 0 Å². The lowest BCUT2D eigenvalue weighted by Gasteiger charge is -2.06. The molecular weight excluding hydrogens is 260 g/mol. The van der Waals surface area contributed by atoms with E-state index < -0.39 is 0 Å². The van der Waals surface area contributed by atoms with E-state index in [1.807, 2.05) is 38.5 Å². The number of nitrogens with zero attached hydrogens (tertiary/aromatic N) is 4. The summed E-state index contributed by atoms with van der Waals surface area (Å²) < 4.78 is 4.22. The molecule has 21 heavy (non-hydrogen) atoms. The van der Waals surface area contributed by atoms with Gasteiger partial charge in [-0.2, -0.15) is 0 Å². The number of hydrogen-bond acceptors (Lipinski definition) is 2. The zero-order valence-electron chi connectivity index (χ0n) is 14.3. The van der Waals surface area contributed by atoms with Crippen molar-refractivity contribution < 1.29 is 0 Å². The smallest absolute Gasteiger partial charge is 0.216 e. The van der Waals surface area contributed by atoms with Gasteiger partial charge in [-0.05, 0) is 31.9 Å². The number of rotatable bonds is 1. The molecule has 3 rings (SSSR count). The molecule has 0 aromatic carbocycles. The van der Waals surface area contributed by atoms with E-state index in [0.717, 1.165) is 22.9 Å². The third-order valence-corrected chi connectivity index (χ3v) is 2.61. The van der Waals surface area contributed by atoms with E-state index in [9.17, 15) is 0 Å². The molecule has 0 saturated heterocycles. The summed E-state index contributed by atoms with van der Waals surface area (Å²) in [5.74, 6) is 1.79. The molecule has 0 atom stereocenters. The molecule has 0 aliphatic carbocycles. The van der Waals surface area contributed by atoms with Crippen molar-refractivity contribution in [2.24, 2.45) is 5.92 Å². The molecule has 0 N–H and O–H groups in total. The van der Waals surface area contributed by atoms with Crippen LogP contribution in [0.1, 0.15) is 54.5 Å². The van der Waals surface area contributed by atoms with E-state index in [1.54, 1.807) is 0 Å². The Labute approximate surface area is 127 Å². The fourth-order valence-electron chi connectivity index (χ4n) is 1.99. The molecule has 0 aliphatic rings. The minimum Gasteiger partial charge on any atom is -0.292 e. The van der Waals surface area contributed by atoms with Crippen molar-refractivity contribution >= 4 is 16.9 Å². The molecule has 0 saturated carbocycles. The highest BCUT2D eigenvalue weighted by Gasteiger charge is 2.13. The Bertz CT molecular complexity index is 659. The average molecular weight is 288 g/mol. The zero-order valence-corrected chi connectivity index (χ0v) is 14.3. The zero-order chi connectivity index (χ0) is 16.0. The van der Waals surface area contributed by atoms with Crippen LogP contribution in [0.3, 0.4) is 0 Å². The van der Waals surface area contributed by atoms with E-state index in [0.29, 0.717) is 6.04 Å². The molecule has 0 unspecified atom stereocenters. The summed E-state index contributed by atoms with van der Waals surface area (Å²) in [6.45, 7) is 14.8. The first kappa shape index (κ1) is 17.2. The highest BCUT2D eigenvalue weighted by atomic mass is 15.2. The van der Waals surface area contributed by atoms with Crippen molar-refractivity contribution in [3.8, 4) is 0 Å². The first-order chi connectivity index (χ1) is 10.0. The fourth-order valence-corrected chi connectivity index (χ4v) is 1.99. The maximum Gasteiger partial charge on any atom is 0.216 e. The number of hydrogen-bond donors (Lipinski definition) is 0. The van der Waals surface area contributed by atoms with Gasteiger partial charge >= 0.3 is 0 Å². The lowest BCUT2D eigenvalue weighted by molar-refractivity contribution is 0.628. The predicted molar refractivity (Wildman–Crippen MR) is 90.7 cm³/mol. The Morgan fingerprint density at radius 1 is 0.952 bits per heavy atom. The van der Waals surface area contributed by atoms with Gasteiger partial charge in [-0.15, -0.1) is 0 Å². The highest BCUT2D eigenvalue weighted by Crippen LogP contribution is 2.21. The van der Waals surface area contributed by atoms with Crippen molar-refractivity contribution in [3.63, 3.8) is 0 Å². The van der Waals surface area contributed by atoms with Gasteiger partial charge in [-0.1, -0.05) is 34.6 Å². The molecule has 0 bridgehead atoms. The SMILES string of the molecule is CC.CC(C)C.CC(C)n1c2ncccc2n2ccnc12.